The van der Waals surface area contributed by atoms with Gasteiger partial charge in [0.1, 0.15) is 11.8 Å². The Kier molecular flexibility index (Phi) is 5.78. The zero-order chi connectivity index (χ0) is 14.4. The van der Waals surface area contributed by atoms with Crippen LogP contribution in [0.1, 0.15) is 23.2 Å². The Morgan fingerprint density at radius 3 is 2.84 bits per heavy atom. The van der Waals surface area contributed by atoms with Crippen molar-refractivity contribution in [3.8, 4) is 5.75 Å². The molecule has 0 bridgehead atoms. The minimum atomic E-state index is -1.05. The molecule has 3 N–H and O–H groups in total. The summed E-state index contributed by atoms with van der Waals surface area (Å²) in [5.41, 5.74) is 1.07. The fourth-order valence-corrected chi connectivity index (χ4v) is 1.72. The lowest BCUT2D eigenvalue weighted by molar-refractivity contribution is -0.138. The maximum absolute atomic E-state index is 10.9. The summed E-state index contributed by atoms with van der Waals surface area (Å²) in [6.07, 6.45) is 2.97. The fraction of sp³-hybridized carbons (Fsp3) is 0.417. The number of carbonyl (C=O) groups is 1. The lowest BCUT2D eigenvalue weighted by Crippen LogP contribution is -2.18. The Morgan fingerprint density at radius 2 is 2.32 bits per heavy atom. The van der Waals surface area contributed by atoms with Crippen molar-refractivity contribution in [2.24, 2.45) is 4.99 Å². The van der Waals surface area contributed by atoms with Gasteiger partial charge in [0.05, 0.1) is 12.3 Å². The van der Waals surface area contributed by atoms with Gasteiger partial charge in [-0.15, -0.1) is 0 Å². The normalized spacial score (nSPS) is 12.8. The first-order chi connectivity index (χ1) is 9.01. The van der Waals surface area contributed by atoms with Gasteiger partial charge in [-0.25, -0.2) is 4.79 Å². The van der Waals surface area contributed by atoms with Crippen LogP contribution in [0.2, 0.25) is 0 Å². The van der Waals surface area contributed by atoms with Crippen molar-refractivity contribution in [3.05, 3.63) is 23.0 Å². The van der Waals surface area contributed by atoms with Crippen molar-refractivity contribution in [2.75, 3.05) is 5.75 Å². The number of thiol groups is 1. The monoisotopic (exact) mass is 284 g/mol. The molecule has 0 fully saturated rings. The Labute approximate surface area is 116 Å². The number of carboxylic acid groups (broad SMARTS) is 1. The summed E-state index contributed by atoms with van der Waals surface area (Å²) in [6, 6.07) is -0.920. The molecule has 0 aliphatic heterocycles. The molecule has 6 nitrogen and oxygen atoms in total. The molecule has 1 aromatic heterocycles. The van der Waals surface area contributed by atoms with Gasteiger partial charge in [-0.3, -0.25) is 9.98 Å². The molecular formula is C12H16N2O4S. The van der Waals surface area contributed by atoms with Crippen LogP contribution in [-0.2, 0) is 11.4 Å². The third-order valence-corrected chi connectivity index (χ3v) is 2.86. The Bertz CT molecular complexity index is 491. The summed E-state index contributed by atoms with van der Waals surface area (Å²) in [4.78, 5) is 18.8. The second-order valence-electron chi connectivity index (χ2n) is 3.93. The highest BCUT2D eigenvalue weighted by atomic mass is 32.1. The zero-order valence-corrected chi connectivity index (χ0v) is 11.3. The quantitative estimate of drug-likeness (QED) is 0.456. The smallest absolute Gasteiger partial charge is 0.328 e. The van der Waals surface area contributed by atoms with Crippen molar-refractivity contribution >= 4 is 24.8 Å². The summed E-state index contributed by atoms with van der Waals surface area (Å²) in [7, 11) is 0. The summed E-state index contributed by atoms with van der Waals surface area (Å²) >= 11 is 3.97. The minimum Gasteiger partial charge on any atom is -0.505 e. The molecule has 0 aromatic carbocycles. The van der Waals surface area contributed by atoms with Gasteiger partial charge < -0.3 is 15.3 Å². The molecule has 1 atom stereocenters. The van der Waals surface area contributed by atoms with Crippen LogP contribution >= 0.6 is 12.6 Å². The first-order valence-corrected chi connectivity index (χ1v) is 6.29. The first kappa shape index (κ1) is 15.5. The molecule has 19 heavy (non-hydrogen) atoms. The van der Waals surface area contributed by atoms with Gasteiger partial charge in [0.15, 0.2) is 0 Å². The van der Waals surface area contributed by atoms with E-state index < -0.39 is 12.0 Å². The third-order valence-electron chi connectivity index (χ3n) is 2.60. The number of aromatic nitrogens is 1. The van der Waals surface area contributed by atoms with E-state index in [4.69, 9.17) is 5.11 Å². The maximum Gasteiger partial charge on any atom is 0.328 e. The van der Waals surface area contributed by atoms with E-state index in [0.717, 1.165) is 0 Å². The molecule has 1 heterocycles. The number of aliphatic hydroxyl groups excluding tert-OH is 1. The molecule has 104 valence electrons. The molecule has 0 spiro atoms. The van der Waals surface area contributed by atoms with Gasteiger partial charge >= 0.3 is 5.97 Å². The largest absolute Gasteiger partial charge is 0.505 e. The van der Waals surface area contributed by atoms with Crippen LogP contribution in [0.15, 0.2) is 11.2 Å². The van der Waals surface area contributed by atoms with E-state index in [-0.39, 0.29) is 18.8 Å². The van der Waals surface area contributed by atoms with E-state index in [1.165, 1.54) is 12.4 Å². The number of aromatic hydroxyl groups is 1. The van der Waals surface area contributed by atoms with Gasteiger partial charge in [0.25, 0.3) is 0 Å². The first-order valence-electron chi connectivity index (χ1n) is 5.66. The summed E-state index contributed by atoms with van der Waals surface area (Å²) in [5.74, 6) is -0.769. The molecule has 1 aromatic rings. The summed E-state index contributed by atoms with van der Waals surface area (Å²) < 4.78 is 0. The Balaban J connectivity index is 3.09. The van der Waals surface area contributed by atoms with Crippen molar-refractivity contribution < 1.29 is 20.1 Å². The highest BCUT2D eigenvalue weighted by Gasteiger charge is 2.15. The zero-order valence-electron chi connectivity index (χ0n) is 10.4. The number of rotatable bonds is 6. The number of nitrogens with zero attached hydrogens (tertiary/aromatic N) is 2. The predicted molar refractivity (Wildman–Crippen MR) is 74.0 cm³/mol. The van der Waals surface area contributed by atoms with E-state index in [2.05, 4.69) is 22.6 Å². The summed E-state index contributed by atoms with van der Waals surface area (Å²) in [6.45, 7) is 1.29. The number of hydrogen-bond donors (Lipinski definition) is 4. The van der Waals surface area contributed by atoms with Gasteiger partial charge in [-0.05, 0) is 19.1 Å². The fourth-order valence-electron chi connectivity index (χ4n) is 1.47. The molecule has 1 rings (SSSR count). The molecule has 0 aliphatic rings. The van der Waals surface area contributed by atoms with E-state index in [1.54, 1.807) is 6.92 Å². The molecule has 0 saturated carbocycles. The number of aryl methyl sites for hydroxylation is 1. The molecule has 0 unspecified atom stereocenters. The highest BCUT2D eigenvalue weighted by Crippen LogP contribution is 2.22. The summed E-state index contributed by atoms with van der Waals surface area (Å²) in [5, 5.41) is 28.0. The van der Waals surface area contributed by atoms with Crippen molar-refractivity contribution in [3.63, 3.8) is 0 Å². The van der Waals surface area contributed by atoms with E-state index in [1.807, 2.05) is 0 Å². The minimum absolute atomic E-state index is 0.106. The van der Waals surface area contributed by atoms with Crippen LogP contribution in [0.5, 0.6) is 5.75 Å². The standard InChI is InChI=1S/C12H16N2O4S/c1-7-11(16)9(8(6-15)4-13-7)5-14-10(2-3-19)12(17)18/h4-5,10,15-16,19H,2-3,6H2,1H3,(H,17,18)/t10-/m0/s1. The van der Waals surface area contributed by atoms with E-state index in [0.29, 0.717) is 22.6 Å². The molecule has 0 amide bonds. The van der Waals surface area contributed by atoms with Gasteiger partial charge in [-0.1, -0.05) is 0 Å². The average Bonchev–Trinajstić information content (AvgIpc) is 2.38. The van der Waals surface area contributed by atoms with Gasteiger partial charge in [-0.2, -0.15) is 12.6 Å². The lowest BCUT2D eigenvalue weighted by Gasteiger charge is -2.09. The number of pyridine rings is 1. The topological polar surface area (TPSA) is 103 Å². The molecule has 0 aliphatic carbocycles. The van der Waals surface area contributed by atoms with Gasteiger partial charge in [0.2, 0.25) is 0 Å². The molecule has 0 saturated heterocycles. The van der Waals surface area contributed by atoms with Crippen molar-refractivity contribution in [2.45, 2.75) is 26.0 Å². The number of aliphatic imine (C=N–C) groups is 1. The number of carboxylic acids is 1. The van der Waals surface area contributed by atoms with Crippen LogP contribution in [0.25, 0.3) is 0 Å². The van der Waals surface area contributed by atoms with E-state index in [9.17, 15) is 15.0 Å². The number of hydrogen-bond acceptors (Lipinski definition) is 6. The number of aliphatic hydroxyl groups is 1. The SMILES string of the molecule is Cc1ncc(CO)c(C=N[C@@H](CCS)C(=O)O)c1O. The predicted octanol–water partition coefficient (Wildman–Crippen LogP) is 0.780. The maximum atomic E-state index is 10.9. The Morgan fingerprint density at radius 1 is 1.63 bits per heavy atom. The van der Waals surface area contributed by atoms with Crippen LogP contribution in [0.3, 0.4) is 0 Å². The van der Waals surface area contributed by atoms with E-state index >= 15 is 0 Å². The van der Waals surface area contributed by atoms with Crippen LogP contribution in [0, 0.1) is 6.92 Å². The molecule has 7 heteroatoms. The lowest BCUT2D eigenvalue weighted by atomic mass is 10.1. The van der Waals surface area contributed by atoms with Crippen molar-refractivity contribution in [1.29, 1.82) is 0 Å². The average molecular weight is 284 g/mol. The highest BCUT2D eigenvalue weighted by molar-refractivity contribution is 7.80. The van der Waals surface area contributed by atoms with Crippen molar-refractivity contribution in [1.82, 2.24) is 4.98 Å². The second kappa shape index (κ2) is 7.10. The molecule has 0 radical (unpaired) electrons. The van der Waals surface area contributed by atoms with Crippen LogP contribution in [-0.4, -0.2) is 44.3 Å². The third kappa shape index (κ3) is 3.93. The van der Waals surface area contributed by atoms with Gasteiger partial charge in [0, 0.05) is 23.5 Å². The van der Waals surface area contributed by atoms with Crippen LogP contribution in [0.4, 0.5) is 0 Å². The Hall–Kier alpha value is -1.60. The van der Waals surface area contributed by atoms with Crippen LogP contribution < -0.4 is 0 Å². The number of aliphatic carboxylic acids is 1. The molecular weight excluding hydrogens is 268 g/mol. The second-order valence-corrected chi connectivity index (χ2v) is 4.38.